The summed E-state index contributed by atoms with van der Waals surface area (Å²) in [5.74, 6) is 5.70. The van der Waals surface area contributed by atoms with E-state index in [9.17, 15) is 0 Å². The highest BCUT2D eigenvalue weighted by Gasteiger charge is 2.21. The highest BCUT2D eigenvalue weighted by atomic mass is 15.5. The highest BCUT2D eigenvalue weighted by Crippen LogP contribution is 2.09. The molecule has 0 spiro atoms. The largest absolute Gasteiger partial charge is 0.359 e. The Morgan fingerprint density at radius 2 is 2.17 bits per heavy atom. The van der Waals surface area contributed by atoms with E-state index in [2.05, 4.69) is 5.32 Å². The number of nitrogens with two attached hydrogens (primary N) is 2. The number of allylic oxidation sites excluding steroid dienone is 2. The van der Waals surface area contributed by atoms with Crippen LogP contribution >= 0.6 is 0 Å². The average molecular weight is 168 g/mol. The molecule has 12 heavy (non-hydrogen) atoms. The summed E-state index contributed by atoms with van der Waals surface area (Å²) in [6, 6.07) is 0. The van der Waals surface area contributed by atoms with Gasteiger partial charge in [0.1, 0.15) is 6.17 Å². The molecule has 0 aliphatic carbocycles. The predicted molar refractivity (Wildman–Crippen MR) is 49.5 cm³/mol. The predicted octanol–water partition coefficient (Wildman–Crippen LogP) is -0.142. The quantitative estimate of drug-likeness (QED) is 0.440. The van der Waals surface area contributed by atoms with Crippen LogP contribution in [0.15, 0.2) is 23.5 Å². The Morgan fingerprint density at radius 1 is 1.50 bits per heavy atom. The number of hydrogen-bond acceptors (Lipinski definition) is 4. The lowest BCUT2D eigenvalue weighted by molar-refractivity contribution is 0.220. The lowest BCUT2D eigenvalue weighted by Crippen LogP contribution is -2.56. The molecule has 1 fully saturated rings. The molecule has 0 radical (unpaired) electrons. The molecule has 1 rings (SSSR count). The Bertz CT molecular complexity index is 219. The van der Waals surface area contributed by atoms with Gasteiger partial charge in [-0.1, -0.05) is 12.2 Å². The maximum Gasteiger partial charge on any atom is 0.111 e. The van der Waals surface area contributed by atoms with Gasteiger partial charge in [-0.2, -0.15) is 0 Å². The minimum absolute atomic E-state index is 0.210. The van der Waals surface area contributed by atoms with E-state index in [1.807, 2.05) is 26.0 Å². The van der Waals surface area contributed by atoms with E-state index in [-0.39, 0.29) is 6.17 Å². The molecule has 1 unspecified atom stereocenters. The number of hydrogen-bond donors (Lipinski definition) is 3. The van der Waals surface area contributed by atoms with Gasteiger partial charge in [0.15, 0.2) is 0 Å². The minimum Gasteiger partial charge on any atom is -0.359 e. The summed E-state index contributed by atoms with van der Waals surface area (Å²) < 4.78 is 0. The molecule has 1 atom stereocenters. The van der Waals surface area contributed by atoms with Crippen LogP contribution in [0, 0.1) is 0 Å². The maximum absolute atomic E-state index is 5.79. The van der Waals surface area contributed by atoms with Crippen molar-refractivity contribution in [2.45, 2.75) is 20.0 Å². The van der Waals surface area contributed by atoms with Crippen LogP contribution < -0.4 is 16.9 Å². The third-order valence-electron chi connectivity index (χ3n) is 1.99. The number of piperazine rings is 1. The third-order valence-corrected chi connectivity index (χ3v) is 1.99. The zero-order valence-electron chi connectivity index (χ0n) is 7.54. The summed E-state index contributed by atoms with van der Waals surface area (Å²) in [7, 11) is 0. The van der Waals surface area contributed by atoms with E-state index in [1.165, 1.54) is 0 Å². The van der Waals surface area contributed by atoms with Crippen LogP contribution in [0.4, 0.5) is 0 Å². The van der Waals surface area contributed by atoms with Crippen LogP contribution in [0.25, 0.3) is 0 Å². The van der Waals surface area contributed by atoms with Crippen molar-refractivity contribution in [3.05, 3.63) is 23.5 Å². The highest BCUT2D eigenvalue weighted by molar-refractivity contribution is 5.19. The number of nitrogens with one attached hydrogen (secondary N) is 1. The summed E-state index contributed by atoms with van der Waals surface area (Å²) in [4.78, 5) is 0. The number of nitrogens with zero attached hydrogens (tertiary/aromatic N) is 1. The molecule has 1 heterocycles. The summed E-state index contributed by atoms with van der Waals surface area (Å²) >= 11 is 0. The van der Waals surface area contributed by atoms with Gasteiger partial charge in [-0.15, -0.1) is 0 Å². The van der Waals surface area contributed by atoms with Crippen molar-refractivity contribution >= 4 is 0 Å². The van der Waals surface area contributed by atoms with Crippen LogP contribution in [0.1, 0.15) is 13.8 Å². The Hall–Kier alpha value is -0.840. The second-order valence-electron chi connectivity index (χ2n) is 2.80. The smallest absolute Gasteiger partial charge is 0.111 e. The Morgan fingerprint density at radius 3 is 2.67 bits per heavy atom. The van der Waals surface area contributed by atoms with Crippen LogP contribution in [-0.4, -0.2) is 17.7 Å². The fourth-order valence-corrected chi connectivity index (χ4v) is 1.18. The van der Waals surface area contributed by atoms with Crippen molar-refractivity contribution in [2.24, 2.45) is 11.6 Å². The Balaban J connectivity index is 2.79. The summed E-state index contributed by atoms with van der Waals surface area (Å²) in [6.07, 6.45) is 3.72. The van der Waals surface area contributed by atoms with E-state index in [0.29, 0.717) is 6.54 Å². The van der Waals surface area contributed by atoms with Gasteiger partial charge in [0, 0.05) is 11.4 Å². The second-order valence-corrected chi connectivity index (χ2v) is 2.80. The summed E-state index contributed by atoms with van der Waals surface area (Å²) in [6.45, 7) is 4.59. The molecule has 0 aromatic rings. The Kier molecular flexibility index (Phi) is 2.86. The van der Waals surface area contributed by atoms with E-state index >= 15 is 0 Å². The first-order chi connectivity index (χ1) is 5.69. The molecule has 5 N–H and O–H groups in total. The van der Waals surface area contributed by atoms with E-state index in [1.54, 1.807) is 5.01 Å². The fourth-order valence-electron chi connectivity index (χ4n) is 1.18. The normalized spacial score (nSPS) is 32.5. The van der Waals surface area contributed by atoms with Crippen molar-refractivity contribution in [3.8, 4) is 0 Å². The van der Waals surface area contributed by atoms with Crippen LogP contribution in [-0.2, 0) is 0 Å². The zero-order chi connectivity index (χ0) is 9.14. The molecule has 4 heteroatoms. The molecule has 0 aromatic heterocycles. The molecule has 1 aliphatic rings. The monoisotopic (exact) mass is 168 g/mol. The van der Waals surface area contributed by atoms with Crippen molar-refractivity contribution in [2.75, 3.05) is 6.54 Å². The third kappa shape index (κ3) is 1.66. The molecule has 0 amide bonds. The zero-order valence-corrected chi connectivity index (χ0v) is 7.54. The number of rotatable bonds is 0. The van der Waals surface area contributed by atoms with E-state index in [4.69, 9.17) is 11.6 Å². The molecule has 68 valence electrons. The van der Waals surface area contributed by atoms with Crippen molar-refractivity contribution in [1.29, 1.82) is 0 Å². The van der Waals surface area contributed by atoms with E-state index in [0.717, 1.165) is 11.4 Å². The first kappa shape index (κ1) is 9.25. The maximum atomic E-state index is 5.79. The van der Waals surface area contributed by atoms with Gasteiger partial charge in [0.2, 0.25) is 0 Å². The van der Waals surface area contributed by atoms with Gasteiger partial charge >= 0.3 is 0 Å². The van der Waals surface area contributed by atoms with E-state index < -0.39 is 0 Å². The molecule has 0 saturated carbocycles. The van der Waals surface area contributed by atoms with Gasteiger partial charge in [-0.25, -0.2) is 5.01 Å². The van der Waals surface area contributed by atoms with Crippen molar-refractivity contribution in [3.63, 3.8) is 0 Å². The van der Waals surface area contributed by atoms with Crippen molar-refractivity contribution in [1.82, 2.24) is 10.3 Å². The SMILES string of the molecule is CC=C1CN(N)C(N)C(=CC)N1. The first-order valence-corrected chi connectivity index (χ1v) is 4.04. The molecule has 0 aromatic carbocycles. The number of hydrazine groups is 1. The van der Waals surface area contributed by atoms with Crippen LogP contribution in [0.2, 0.25) is 0 Å². The van der Waals surface area contributed by atoms with Gasteiger partial charge in [0.25, 0.3) is 0 Å². The van der Waals surface area contributed by atoms with Crippen LogP contribution in [0.5, 0.6) is 0 Å². The van der Waals surface area contributed by atoms with Gasteiger partial charge in [0.05, 0.1) is 6.54 Å². The Labute approximate surface area is 72.9 Å². The van der Waals surface area contributed by atoms with Gasteiger partial charge in [-0.3, -0.25) is 5.84 Å². The second kappa shape index (κ2) is 3.71. The molecular weight excluding hydrogens is 152 g/mol. The molecular formula is C8H16N4. The molecule has 4 nitrogen and oxygen atoms in total. The standard InChI is InChI=1S/C8H16N4/c1-3-6-5-12(10)8(9)7(4-2)11-6/h3-4,8,11H,5,9-10H2,1-2H3. The molecule has 1 aliphatic heterocycles. The van der Waals surface area contributed by atoms with Crippen LogP contribution in [0.3, 0.4) is 0 Å². The topological polar surface area (TPSA) is 67.3 Å². The molecule has 0 bridgehead atoms. The lowest BCUT2D eigenvalue weighted by Gasteiger charge is -2.33. The minimum atomic E-state index is -0.210. The summed E-state index contributed by atoms with van der Waals surface area (Å²) in [5.41, 5.74) is 7.84. The summed E-state index contributed by atoms with van der Waals surface area (Å²) in [5, 5.41) is 4.82. The van der Waals surface area contributed by atoms with Gasteiger partial charge < -0.3 is 11.1 Å². The average Bonchev–Trinajstić information content (AvgIpc) is 2.09. The lowest BCUT2D eigenvalue weighted by atomic mass is 10.2. The first-order valence-electron chi connectivity index (χ1n) is 4.04. The fraction of sp³-hybridized carbons (Fsp3) is 0.500. The molecule has 1 saturated heterocycles. The van der Waals surface area contributed by atoms with Gasteiger partial charge in [-0.05, 0) is 13.8 Å². The van der Waals surface area contributed by atoms with Crippen molar-refractivity contribution < 1.29 is 0 Å².